The van der Waals surface area contributed by atoms with Gasteiger partial charge in [-0.3, -0.25) is 4.40 Å². The number of para-hydroxylation sites is 1. The Labute approximate surface area is 167 Å². The van der Waals surface area contributed by atoms with Crippen LogP contribution in [0, 0.1) is 0 Å². The number of rotatable bonds is 6. The minimum atomic E-state index is 0.549. The average molecular weight is 382 g/mol. The first-order valence-corrected chi connectivity index (χ1v) is 9.28. The molecule has 0 aliphatic heterocycles. The SMILES string of the molecule is c1ccc(Oc2ccc(-c3cnc(NCc4ccco4)c4nccn34)cc2)cc1. The van der Waals surface area contributed by atoms with Crippen molar-refractivity contribution in [3.63, 3.8) is 0 Å². The summed E-state index contributed by atoms with van der Waals surface area (Å²) in [4.78, 5) is 9.04. The molecule has 0 saturated carbocycles. The Hall–Kier alpha value is -4.06. The monoisotopic (exact) mass is 382 g/mol. The lowest BCUT2D eigenvalue weighted by molar-refractivity contribution is 0.483. The number of nitrogens with zero attached hydrogens (tertiary/aromatic N) is 3. The molecule has 142 valence electrons. The minimum absolute atomic E-state index is 0.549. The molecule has 6 nitrogen and oxygen atoms in total. The number of fused-ring (bicyclic) bond motifs is 1. The molecule has 5 aromatic rings. The number of ether oxygens (including phenoxy) is 1. The van der Waals surface area contributed by atoms with Crippen LogP contribution in [0.3, 0.4) is 0 Å². The van der Waals surface area contributed by atoms with Gasteiger partial charge in [0.1, 0.15) is 17.3 Å². The lowest BCUT2D eigenvalue weighted by Gasteiger charge is -2.11. The highest BCUT2D eigenvalue weighted by molar-refractivity contribution is 5.70. The van der Waals surface area contributed by atoms with E-state index in [0.717, 1.165) is 34.2 Å². The van der Waals surface area contributed by atoms with E-state index in [-0.39, 0.29) is 0 Å². The van der Waals surface area contributed by atoms with Gasteiger partial charge in [-0.1, -0.05) is 18.2 Å². The zero-order valence-electron chi connectivity index (χ0n) is 15.5. The molecule has 3 heterocycles. The van der Waals surface area contributed by atoms with Crippen molar-refractivity contribution < 1.29 is 9.15 Å². The number of nitrogens with one attached hydrogen (secondary N) is 1. The van der Waals surface area contributed by atoms with Crippen LogP contribution in [0.5, 0.6) is 11.5 Å². The molecule has 3 aromatic heterocycles. The first-order valence-electron chi connectivity index (χ1n) is 9.28. The lowest BCUT2D eigenvalue weighted by Crippen LogP contribution is -2.04. The van der Waals surface area contributed by atoms with Crippen molar-refractivity contribution in [1.29, 1.82) is 0 Å². The first kappa shape index (κ1) is 17.1. The van der Waals surface area contributed by atoms with Crippen LogP contribution in [-0.2, 0) is 6.54 Å². The average Bonchev–Trinajstić information content (AvgIpc) is 3.46. The van der Waals surface area contributed by atoms with Gasteiger partial charge in [-0.15, -0.1) is 0 Å². The van der Waals surface area contributed by atoms with Crippen molar-refractivity contribution in [3.8, 4) is 22.8 Å². The molecule has 0 aliphatic carbocycles. The fraction of sp³-hybridized carbons (Fsp3) is 0.0435. The molecular weight excluding hydrogens is 364 g/mol. The van der Waals surface area contributed by atoms with E-state index < -0.39 is 0 Å². The van der Waals surface area contributed by atoms with Gasteiger partial charge in [0, 0.05) is 18.0 Å². The number of hydrogen-bond acceptors (Lipinski definition) is 5. The highest BCUT2D eigenvalue weighted by atomic mass is 16.5. The summed E-state index contributed by atoms with van der Waals surface area (Å²) >= 11 is 0. The molecule has 0 fully saturated rings. The van der Waals surface area contributed by atoms with Crippen molar-refractivity contribution in [2.24, 2.45) is 0 Å². The molecule has 0 atom stereocenters. The topological polar surface area (TPSA) is 64.6 Å². The van der Waals surface area contributed by atoms with Crippen LogP contribution < -0.4 is 10.1 Å². The molecule has 0 unspecified atom stereocenters. The first-order chi connectivity index (χ1) is 14.4. The molecular formula is C23H18N4O2. The molecule has 1 N–H and O–H groups in total. The Balaban J connectivity index is 1.40. The van der Waals surface area contributed by atoms with Crippen molar-refractivity contribution in [2.45, 2.75) is 6.54 Å². The molecule has 0 aliphatic rings. The fourth-order valence-corrected chi connectivity index (χ4v) is 3.16. The Morgan fingerprint density at radius 1 is 0.897 bits per heavy atom. The van der Waals surface area contributed by atoms with Crippen LogP contribution in [0.15, 0.2) is 96.0 Å². The largest absolute Gasteiger partial charge is 0.467 e. The number of aromatic nitrogens is 3. The summed E-state index contributed by atoms with van der Waals surface area (Å²) in [5.74, 6) is 3.14. The van der Waals surface area contributed by atoms with E-state index in [2.05, 4.69) is 15.3 Å². The second-order valence-corrected chi connectivity index (χ2v) is 6.49. The van der Waals surface area contributed by atoms with Crippen molar-refractivity contribution in [3.05, 3.63) is 97.3 Å². The number of imidazole rings is 1. The van der Waals surface area contributed by atoms with Crippen molar-refractivity contribution in [2.75, 3.05) is 5.32 Å². The maximum absolute atomic E-state index is 5.87. The van der Waals surface area contributed by atoms with Gasteiger partial charge in [0.15, 0.2) is 11.5 Å². The summed E-state index contributed by atoms with van der Waals surface area (Å²) in [5, 5.41) is 3.28. The highest BCUT2D eigenvalue weighted by Gasteiger charge is 2.11. The molecule has 2 aromatic carbocycles. The summed E-state index contributed by atoms with van der Waals surface area (Å²) < 4.78 is 13.3. The molecule has 0 saturated heterocycles. The fourth-order valence-electron chi connectivity index (χ4n) is 3.16. The zero-order valence-corrected chi connectivity index (χ0v) is 15.5. The zero-order chi connectivity index (χ0) is 19.5. The van der Waals surface area contributed by atoms with Crippen LogP contribution in [-0.4, -0.2) is 14.4 Å². The van der Waals surface area contributed by atoms with Gasteiger partial charge in [-0.05, 0) is 48.5 Å². The van der Waals surface area contributed by atoms with Crippen LogP contribution >= 0.6 is 0 Å². The Kier molecular flexibility index (Phi) is 4.42. The van der Waals surface area contributed by atoms with E-state index in [9.17, 15) is 0 Å². The van der Waals surface area contributed by atoms with E-state index >= 15 is 0 Å². The van der Waals surface area contributed by atoms with E-state index in [4.69, 9.17) is 9.15 Å². The van der Waals surface area contributed by atoms with Gasteiger partial charge in [-0.25, -0.2) is 9.97 Å². The minimum Gasteiger partial charge on any atom is -0.467 e. The quantitative estimate of drug-likeness (QED) is 0.426. The number of hydrogen-bond donors (Lipinski definition) is 1. The van der Waals surface area contributed by atoms with E-state index in [1.54, 1.807) is 12.5 Å². The van der Waals surface area contributed by atoms with Gasteiger partial charge in [-0.2, -0.15) is 0 Å². The third-order valence-corrected chi connectivity index (χ3v) is 4.57. The van der Waals surface area contributed by atoms with Gasteiger partial charge >= 0.3 is 0 Å². The molecule has 0 radical (unpaired) electrons. The maximum atomic E-state index is 5.87. The van der Waals surface area contributed by atoms with Gasteiger partial charge in [0.05, 0.1) is 24.7 Å². The second-order valence-electron chi connectivity index (χ2n) is 6.49. The second kappa shape index (κ2) is 7.52. The van der Waals surface area contributed by atoms with Gasteiger partial charge < -0.3 is 14.5 Å². The van der Waals surface area contributed by atoms with Crippen LogP contribution in [0.2, 0.25) is 0 Å². The summed E-state index contributed by atoms with van der Waals surface area (Å²) in [6.45, 7) is 0.549. The number of benzene rings is 2. The van der Waals surface area contributed by atoms with E-state index in [1.165, 1.54) is 0 Å². The third-order valence-electron chi connectivity index (χ3n) is 4.57. The number of anilines is 1. The molecule has 0 bridgehead atoms. The molecule has 5 rings (SSSR count). The van der Waals surface area contributed by atoms with Crippen molar-refractivity contribution >= 4 is 11.5 Å². The standard InChI is InChI=1S/C23H18N4O2/c1-2-5-18(6-3-1)29-19-10-8-17(9-11-19)21-16-26-22(23-24-12-13-27(21)23)25-15-20-7-4-14-28-20/h1-14,16H,15H2,(H,25,26). The van der Waals surface area contributed by atoms with Crippen LogP contribution in [0.25, 0.3) is 16.9 Å². The molecule has 6 heteroatoms. The van der Waals surface area contributed by atoms with Crippen molar-refractivity contribution in [1.82, 2.24) is 14.4 Å². The third kappa shape index (κ3) is 3.55. The molecule has 29 heavy (non-hydrogen) atoms. The van der Waals surface area contributed by atoms with E-state index in [1.807, 2.05) is 83.5 Å². The lowest BCUT2D eigenvalue weighted by atomic mass is 10.1. The predicted molar refractivity (Wildman–Crippen MR) is 111 cm³/mol. The van der Waals surface area contributed by atoms with E-state index in [0.29, 0.717) is 12.4 Å². The maximum Gasteiger partial charge on any atom is 0.180 e. The smallest absolute Gasteiger partial charge is 0.180 e. The predicted octanol–water partition coefficient (Wildman–Crippen LogP) is 5.39. The summed E-state index contributed by atoms with van der Waals surface area (Å²) in [6, 6.07) is 21.5. The Morgan fingerprint density at radius 3 is 2.52 bits per heavy atom. The van der Waals surface area contributed by atoms with Crippen LogP contribution in [0.1, 0.15) is 5.76 Å². The van der Waals surface area contributed by atoms with Gasteiger partial charge in [0.2, 0.25) is 0 Å². The summed E-state index contributed by atoms with van der Waals surface area (Å²) in [6.07, 6.45) is 7.19. The summed E-state index contributed by atoms with van der Waals surface area (Å²) in [7, 11) is 0. The summed E-state index contributed by atoms with van der Waals surface area (Å²) in [5.41, 5.74) is 2.74. The highest BCUT2D eigenvalue weighted by Crippen LogP contribution is 2.27. The normalized spacial score (nSPS) is 10.9. The Bertz CT molecular complexity index is 1210. The molecule has 0 spiro atoms. The van der Waals surface area contributed by atoms with Gasteiger partial charge in [0.25, 0.3) is 0 Å². The Morgan fingerprint density at radius 2 is 1.72 bits per heavy atom. The molecule has 0 amide bonds. The van der Waals surface area contributed by atoms with Crippen LogP contribution in [0.4, 0.5) is 5.82 Å². The number of furan rings is 1.